The van der Waals surface area contributed by atoms with Gasteiger partial charge in [-0.2, -0.15) is 5.26 Å². The maximum atomic E-state index is 12.4. The number of nitriles is 1. The number of aromatic nitrogens is 1. The van der Waals surface area contributed by atoms with Crippen molar-refractivity contribution in [3.63, 3.8) is 0 Å². The lowest BCUT2D eigenvalue weighted by Crippen LogP contribution is -2.11. The van der Waals surface area contributed by atoms with Crippen LogP contribution in [-0.2, 0) is 0 Å². The Balaban J connectivity index is 2.41. The fraction of sp³-hybridized carbons (Fsp3) is 0.214. The average Bonchev–Trinajstić information content (AvgIpc) is 2.69. The van der Waals surface area contributed by atoms with Gasteiger partial charge in [-0.1, -0.05) is 23.7 Å². The van der Waals surface area contributed by atoms with Crippen LogP contribution in [0.15, 0.2) is 24.3 Å². The van der Waals surface area contributed by atoms with Crippen molar-refractivity contribution < 1.29 is 4.79 Å². The molecule has 0 fully saturated rings. The first-order chi connectivity index (χ1) is 9.02. The zero-order chi connectivity index (χ0) is 14.0. The van der Waals surface area contributed by atoms with E-state index in [1.165, 1.54) is 11.3 Å². The lowest BCUT2D eigenvalue weighted by atomic mass is 9.95. The number of hydrogen-bond acceptors (Lipinski definition) is 4. The van der Waals surface area contributed by atoms with Crippen LogP contribution < -0.4 is 0 Å². The number of rotatable bonds is 3. The van der Waals surface area contributed by atoms with Crippen molar-refractivity contribution in [2.75, 3.05) is 0 Å². The van der Waals surface area contributed by atoms with Gasteiger partial charge in [0, 0.05) is 5.02 Å². The van der Waals surface area contributed by atoms with Gasteiger partial charge in [-0.15, -0.1) is 11.3 Å². The third kappa shape index (κ3) is 2.83. The van der Waals surface area contributed by atoms with E-state index in [2.05, 4.69) is 11.1 Å². The Labute approximate surface area is 120 Å². The maximum Gasteiger partial charge on any atom is 0.196 e. The van der Waals surface area contributed by atoms with Crippen LogP contribution in [0, 0.1) is 25.2 Å². The minimum atomic E-state index is -0.836. The molecule has 0 spiro atoms. The van der Waals surface area contributed by atoms with Gasteiger partial charge in [-0.25, -0.2) is 4.98 Å². The summed E-state index contributed by atoms with van der Waals surface area (Å²) in [5.41, 5.74) is 1.29. The van der Waals surface area contributed by atoms with Gasteiger partial charge in [-0.05, 0) is 31.5 Å². The molecule has 5 heteroatoms. The molecule has 0 N–H and O–H groups in total. The molecule has 0 bridgehead atoms. The first-order valence-electron chi connectivity index (χ1n) is 5.66. The van der Waals surface area contributed by atoms with E-state index in [1.807, 2.05) is 6.92 Å². The van der Waals surface area contributed by atoms with Crippen molar-refractivity contribution in [2.45, 2.75) is 19.8 Å². The van der Waals surface area contributed by atoms with Crippen LogP contribution in [-0.4, -0.2) is 10.8 Å². The number of benzene rings is 1. The highest BCUT2D eigenvalue weighted by molar-refractivity contribution is 7.13. The summed E-state index contributed by atoms with van der Waals surface area (Å²) < 4.78 is 0. The van der Waals surface area contributed by atoms with Crippen LogP contribution in [0.4, 0.5) is 0 Å². The second-order valence-corrected chi connectivity index (χ2v) is 5.77. The summed E-state index contributed by atoms with van der Waals surface area (Å²) in [6.45, 7) is 3.62. The molecule has 1 aromatic heterocycles. The summed E-state index contributed by atoms with van der Waals surface area (Å²) in [6.07, 6.45) is 0. The van der Waals surface area contributed by atoms with Gasteiger partial charge < -0.3 is 0 Å². The van der Waals surface area contributed by atoms with Gasteiger partial charge in [0.1, 0.15) is 5.92 Å². The van der Waals surface area contributed by atoms with Gasteiger partial charge in [0.2, 0.25) is 0 Å². The third-order valence-corrected chi connectivity index (χ3v) is 4.02. The predicted octanol–water partition coefficient (Wildman–Crippen LogP) is 3.90. The molecule has 0 aliphatic carbocycles. The molecule has 2 aromatic rings. The van der Waals surface area contributed by atoms with Crippen molar-refractivity contribution in [3.8, 4) is 6.07 Å². The number of aryl methyl sites for hydroxylation is 2. The average molecular weight is 291 g/mol. The highest BCUT2D eigenvalue weighted by Gasteiger charge is 2.25. The van der Waals surface area contributed by atoms with E-state index in [-0.39, 0.29) is 5.78 Å². The number of carbonyl (C=O) groups excluding carboxylic acids is 1. The van der Waals surface area contributed by atoms with Gasteiger partial charge >= 0.3 is 0 Å². The summed E-state index contributed by atoms with van der Waals surface area (Å²) in [5, 5.41) is 10.6. The Hall–Kier alpha value is -1.70. The van der Waals surface area contributed by atoms with E-state index in [0.717, 1.165) is 5.01 Å². The third-order valence-electron chi connectivity index (χ3n) is 2.70. The minimum absolute atomic E-state index is 0.215. The molecule has 0 aliphatic heterocycles. The van der Waals surface area contributed by atoms with Crippen molar-refractivity contribution in [1.29, 1.82) is 5.26 Å². The molecule has 2 rings (SSSR count). The lowest BCUT2D eigenvalue weighted by molar-refractivity contribution is 0.0982. The van der Waals surface area contributed by atoms with Crippen molar-refractivity contribution in [1.82, 2.24) is 4.98 Å². The minimum Gasteiger partial charge on any atom is -0.291 e. The van der Waals surface area contributed by atoms with Crippen LogP contribution in [0.1, 0.15) is 31.9 Å². The zero-order valence-corrected chi connectivity index (χ0v) is 12.0. The highest BCUT2D eigenvalue weighted by atomic mass is 35.5. The smallest absolute Gasteiger partial charge is 0.196 e. The van der Waals surface area contributed by atoms with Crippen LogP contribution in [0.2, 0.25) is 5.02 Å². The Morgan fingerprint density at radius 2 is 2.21 bits per heavy atom. The summed E-state index contributed by atoms with van der Waals surface area (Å²) in [6, 6.07) is 8.89. The number of carbonyl (C=O) groups is 1. The Kier molecular flexibility index (Phi) is 3.98. The van der Waals surface area contributed by atoms with Crippen molar-refractivity contribution in [3.05, 3.63) is 50.4 Å². The number of Topliss-reactive ketones (excluding diaryl/α,β-unsaturated/α-hetero) is 1. The maximum absolute atomic E-state index is 12.4. The molecule has 3 nitrogen and oxygen atoms in total. The van der Waals surface area contributed by atoms with Gasteiger partial charge in [-0.3, -0.25) is 4.79 Å². The van der Waals surface area contributed by atoms with Crippen LogP contribution in [0.25, 0.3) is 0 Å². The van der Waals surface area contributed by atoms with Crippen LogP contribution in [0.3, 0.4) is 0 Å². The van der Waals surface area contributed by atoms with Gasteiger partial charge in [0.05, 0.1) is 21.6 Å². The second-order valence-electron chi connectivity index (χ2n) is 4.13. The molecule has 19 heavy (non-hydrogen) atoms. The molecule has 0 amide bonds. The molecule has 0 aliphatic rings. The van der Waals surface area contributed by atoms with Crippen LogP contribution in [0.5, 0.6) is 0 Å². The first-order valence-corrected chi connectivity index (χ1v) is 6.85. The quantitative estimate of drug-likeness (QED) is 0.806. The Morgan fingerprint density at radius 1 is 1.47 bits per heavy atom. The molecule has 96 valence electrons. The molecule has 1 atom stereocenters. The van der Waals surface area contributed by atoms with E-state index < -0.39 is 5.92 Å². The molecule has 0 radical (unpaired) electrons. The molecule has 0 saturated carbocycles. The SMILES string of the molecule is Cc1nc(C)c(C(=O)C(C#N)c2cccc(Cl)c2)s1. The van der Waals surface area contributed by atoms with E-state index in [0.29, 0.717) is 21.2 Å². The van der Waals surface area contributed by atoms with Gasteiger partial charge in [0.25, 0.3) is 0 Å². The Morgan fingerprint density at radius 3 is 2.74 bits per heavy atom. The van der Waals surface area contributed by atoms with E-state index in [9.17, 15) is 10.1 Å². The van der Waals surface area contributed by atoms with Crippen LogP contribution >= 0.6 is 22.9 Å². The van der Waals surface area contributed by atoms with E-state index in [1.54, 1.807) is 31.2 Å². The number of ketones is 1. The number of nitrogens with zero attached hydrogens (tertiary/aromatic N) is 2. The highest BCUT2D eigenvalue weighted by Crippen LogP contribution is 2.27. The first kappa shape index (κ1) is 13.7. The number of halogens is 1. The predicted molar refractivity (Wildman–Crippen MR) is 75.7 cm³/mol. The molecule has 0 saturated heterocycles. The topological polar surface area (TPSA) is 53.8 Å². The summed E-state index contributed by atoms with van der Waals surface area (Å²) >= 11 is 7.22. The fourth-order valence-electron chi connectivity index (χ4n) is 1.86. The zero-order valence-electron chi connectivity index (χ0n) is 10.5. The molecule has 1 unspecified atom stereocenters. The second kappa shape index (κ2) is 5.52. The molecule has 1 aromatic carbocycles. The summed E-state index contributed by atoms with van der Waals surface area (Å²) in [4.78, 5) is 17.2. The Bertz CT molecular complexity index is 672. The van der Waals surface area contributed by atoms with Crippen molar-refractivity contribution in [2.24, 2.45) is 0 Å². The molecular formula is C14H11ClN2OS. The number of hydrogen-bond donors (Lipinski definition) is 0. The monoisotopic (exact) mass is 290 g/mol. The van der Waals surface area contributed by atoms with E-state index in [4.69, 9.17) is 11.6 Å². The normalized spacial score (nSPS) is 11.9. The largest absolute Gasteiger partial charge is 0.291 e. The standard InChI is InChI=1S/C14H11ClN2OS/c1-8-14(19-9(2)17-8)13(18)12(7-16)10-4-3-5-11(15)6-10/h3-6,12H,1-2H3. The van der Waals surface area contributed by atoms with Gasteiger partial charge in [0.15, 0.2) is 5.78 Å². The van der Waals surface area contributed by atoms with E-state index >= 15 is 0 Å². The summed E-state index contributed by atoms with van der Waals surface area (Å²) in [5.74, 6) is -1.05. The molecular weight excluding hydrogens is 280 g/mol. The lowest BCUT2D eigenvalue weighted by Gasteiger charge is -2.07. The fourth-order valence-corrected chi connectivity index (χ4v) is 2.95. The summed E-state index contributed by atoms with van der Waals surface area (Å²) in [7, 11) is 0. The molecule has 1 heterocycles. The van der Waals surface area contributed by atoms with Crippen molar-refractivity contribution >= 4 is 28.7 Å². The number of thiazole rings is 1.